The number of thiophene rings is 1. The minimum absolute atomic E-state index is 0.0253. The lowest BCUT2D eigenvalue weighted by Gasteiger charge is -2.23. The van der Waals surface area contributed by atoms with Crippen molar-refractivity contribution in [2.45, 2.75) is 45.6 Å². The number of ketones is 1. The Balaban J connectivity index is 1.88. The first-order valence-electron chi connectivity index (χ1n) is 7.22. The first kappa shape index (κ1) is 17.1. The summed E-state index contributed by atoms with van der Waals surface area (Å²) >= 11 is 1.57. The Morgan fingerprint density at radius 2 is 2.00 bits per heavy atom. The smallest absolute Gasteiger partial charge is 0.220 e. The number of aryl methyl sites for hydroxylation is 2. The monoisotopic (exact) mass is 343 g/mol. The van der Waals surface area contributed by atoms with Gasteiger partial charge in [0.05, 0.1) is 17.0 Å². The third kappa shape index (κ3) is 4.16. The molecule has 0 spiro atoms. The maximum atomic E-state index is 12.1. The highest BCUT2D eigenvalue weighted by molar-refractivity contribution is 7.91. The van der Waals surface area contributed by atoms with E-state index >= 15 is 0 Å². The molecular weight excluding hydrogens is 322 g/mol. The van der Waals surface area contributed by atoms with Gasteiger partial charge in [-0.05, 0) is 33.3 Å². The number of rotatable bonds is 5. The van der Waals surface area contributed by atoms with Gasteiger partial charge in [-0.15, -0.1) is 11.3 Å². The van der Waals surface area contributed by atoms with Crippen molar-refractivity contribution in [2.24, 2.45) is 0 Å². The van der Waals surface area contributed by atoms with E-state index in [1.807, 2.05) is 19.9 Å². The fraction of sp³-hybridized carbons (Fsp3) is 0.600. The second-order valence-corrected chi connectivity index (χ2v) is 9.85. The summed E-state index contributed by atoms with van der Waals surface area (Å²) in [7, 11) is -3.06. The third-order valence-electron chi connectivity index (χ3n) is 3.87. The number of hydrogen-bond donors (Lipinski definition) is 1. The summed E-state index contributed by atoms with van der Waals surface area (Å²) in [4.78, 5) is 26.2. The van der Waals surface area contributed by atoms with Crippen LogP contribution >= 0.6 is 11.3 Å². The van der Waals surface area contributed by atoms with Crippen molar-refractivity contribution in [2.75, 3.05) is 11.5 Å². The molecular formula is C15H21NO4S2. The van der Waals surface area contributed by atoms with Crippen molar-refractivity contribution in [3.63, 3.8) is 0 Å². The Morgan fingerprint density at radius 3 is 2.50 bits per heavy atom. The highest BCUT2D eigenvalue weighted by atomic mass is 32.2. The van der Waals surface area contributed by atoms with Crippen molar-refractivity contribution >= 4 is 32.9 Å². The van der Waals surface area contributed by atoms with Gasteiger partial charge in [0.1, 0.15) is 0 Å². The number of carbonyl (C=O) groups is 2. The minimum Gasteiger partial charge on any atom is -0.350 e. The lowest BCUT2D eigenvalue weighted by molar-refractivity contribution is -0.122. The van der Waals surface area contributed by atoms with Crippen LogP contribution in [-0.2, 0) is 14.6 Å². The maximum absolute atomic E-state index is 12.1. The number of sulfone groups is 1. The van der Waals surface area contributed by atoms with Crippen molar-refractivity contribution in [1.29, 1.82) is 0 Å². The maximum Gasteiger partial charge on any atom is 0.220 e. The average Bonchev–Trinajstić information content (AvgIpc) is 2.85. The summed E-state index contributed by atoms with van der Waals surface area (Å²) < 4.78 is 23.0. The average molecular weight is 343 g/mol. The summed E-state index contributed by atoms with van der Waals surface area (Å²) in [5, 5.41) is 2.77. The molecule has 1 aromatic heterocycles. The van der Waals surface area contributed by atoms with Crippen molar-refractivity contribution in [3.05, 3.63) is 21.4 Å². The van der Waals surface area contributed by atoms with Gasteiger partial charge in [0, 0.05) is 28.2 Å². The van der Waals surface area contributed by atoms with E-state index in [9.17, 15) is 18.0 Å². The number of Topliss-reactive ketones (excluding diaryl/α,β-unsaturated/α-hetero) is 1. The van der Waals surface area contributed by atoms with E-state index in [0.29, 0.717) is 12.0 Å². The van der Waals surface area contributed by atoms with E-state index < -0.39 is 15.4 Å². The largest absolute Gasteiger partial charge is 0.350 e. The molecule has 1 amide bonds. The van der Waals surface area contributed by atoms with Crippen LogP contribution in [-0.4, -0.2) is 37.2 Å². The Bertz CT molecular complexity index is 705. The zero-order valence-corrected chi connectivity index (χ0v) is 14.7. The van der Waals surface area contributed by atoms with Crippen LogP contribution in [0.15, 0.2) is 6.07 Å². The van der Waals surface area contributed by atoms with Gasteiger partial charge >= 0.3 is 0 Å². The summed E-state index contributed by atoms with van der Waals surface area (Å²) in [6, 6.07) is 1.85. The Morgan fingerprint density at radius 1 is 1.32 bits per heavy atom. The normalized spacial score (nSPS) is 23.4. The van der Waals surface area contributed by atoms with Gasteiger partial charge in [-0.2, -0.15) is 0 Å². The number of amides is 1. The molecule has 22 heavy (non-hydrogen) atoms. The van der Waals surface area contributed by atoms with Gasteiger partial charge in [0.25, 0.3) is 0 Å². The van der Waals surface area contributed by atoms with Gasteiger partial charge < -0.3 is 5.32 Å². The molecule has 1 unspecified atom stereocenters. The van der Waals surface area contributed by atoms with Crippen LogP contribution in [0.3, 0.4) is 0 Å². The second-order valence-electron chi connectivity index (χ2n) is 6.20. The molecule has 2 heterocycles. The molecule has 5 nitrogen and oxygen atoms in total. The molecule has 0 aliphatic carbocycles. The molecule has 1 aliphatic rings. The van der Waals surface area contributed by atoms with E-state index in [4.69, 9.17) is 0 Å². The quantitative estimate of drug-likeness (QED) is 0.830. The molecule has 0 bridgehead atoms. The predicted octanol–water partition coefficient (Wildman–Crippen LogP) is 2.02. The highest BCUT2D eigenvalue weighted by Gasteiger charge is 2.39. The molecule has 0 radical (unpaired) electrons. The first-order chi connectivity index (χ1) is 10.1. The van der Waals surface area contributed by atoms with E-state index in [2.05, 4.69) is 5.32 Å². The zero-order chi connectivity index (χ0) is 16.5. The molecule has 7 heteroatoms. The summed E-state index contributed by atoms with van der Waals surface area (Å²) in [6.45, 7) is 5.58. The summed E-state index contributed by atoms with van der Waals surface area (Å²) in [5.74, 6) is -0.225. The Kier molecular flexibility index (Phi) is 4.77. The van der Waals surface area contributed by atoms with Crippen molar-refractivity contribution < 1.29 is 18.0 Å². The fourth-order valence-corrected chi connectivity index (χ4v) is 5.81. The van der Waals surface area contributed by atoms with Gasteiger partial charge in [-0.25, -0.2) is 8.42 Å². The first-order valence-corrected chi connectivity index (χ1v) is 9.86. The van der Waals surface area contributed by atoms with Crippen molar-refractivity contribution in [3.8, 4) is 0 Å². The standard InChI is InChI=1S/C15H21NO4S2/c1-10-8-12(11(2)21-10)13(17)4-5-14(18)16-15(3)6-7-22(19,20)9-15/h8H,4-7,9H2,1-3H3,(H,16,18). The number of nitrogens with one attached hydrogen (secondary N) is 1. The van der Waals surface area contributed by atoms with Crippen LogP contribution in [0.5, 0.6) is 0 Å². The lowest BCUT2D eigenvalue weighted by Crippen LogP contribution is -2.46. The van der Waals surface area contributed by atoms with E-state index in [1.165, 1.54) is 0 Å². The molecule has 1 aliphatic heterocycles. The molecule has 0 saturated carbocycles. The predicted molar refractivity (Wildman–Crippen MR) is 87.2 cm³/mol. The minimum atomic E-state index is -3.06. The second kappa shape index (κ2) is 6.12. The molecule has 2 rings (SSSR count). The SMILES string of the molecule is Cc1cc(C(=O)CCC(=O)NC2(C)CCS(=O)(=O)C2)c(C)s1. The summed E-state index contributed by atoms with van der Waals surface area (Å²) in [6.07, 6.45) is 0.659. The molecule has 1 saturated heterocycles. The third-order valence-corrected chi connectivity index (χ3v) is 6.73. The van der Waals surface area contributed by atoms with Crippen molar-refractivity contribution in [1.82, 2.24) is 5.32 Å². The molecule has 1 N–H and O–H groups in total. The van der Waals surface area contributed by atoms with Crippen LogP contribution in [0.2, 0.25) is 0 Å². The fourth-order valence-electron chi connectivity index (χ4n) is 2.78. The highest BCUT2D eigenvalue weighted by Crippen LogP contribution is 2.24. The molecule has 1 aromatic rings. The van der Waals surface area contributed by atoms with Crippen LogP contribution in [0, 0.1) is 13.8 Å². The van der Waals surface area contributed by atoms with Crippen LogP contribution in [0.4, 0.5) is 0 Å². The van der Waals surface area contributed by atoms with Gasteiger partial charge in [-0.3, -0.25) is 9.59 Å². The van der Waals surface area contributed by atoms with E-state index in [0.717, 1.165) is 9.75 Å². The van der Waals surface area contributed by atoms with E-state index in [1.54, 1.807) is 18.3 Å². The molecule has 1 atom stereocenters. The molecule has 0 aromatic carbocycles. The van der Waals surface area contributed by atoms with Crippen LogP contribution < -0.4 is 5.32 Å². The van der Waals surface area contributed by atoms with Gasteiger partial charge in [0.2, 0.25) is 5.91 Å². The number of hydrogen-bond acceptors (Lipinski definition) is 5. The van der Waals surface area contributed by atoms with Crippen LogP contribution in [0.1, 0.15) is 46.3 Å². The molecule has 122 valence electrons. The van der Waals surface area contributed by atoms with E-state index in [-0.39, 0.29) is 36.0 Å². The van der Waals surface area contributed by atoms with Gasteiger partial charge in [0.15, 0.2) is 15.6 Å². The zero-order valence-electron chi connectivity index (χ0n) is 13.1. The summed E-state index contributed by atoms with van der Waals surface area (Å²) in [5.41, 5.74) is -0.0154. The Labute approximate surface area is 135 Å². The van der Waals surface area contributed by atoms with Crippen LogP contribution in [0.25, 0.3) is 0 Å². The number of carbonyl (C=O) groups excluding carboxylic acids is 2. The van der Waals surface area contributed by atoms with Gasteiger partial charge in [-0.1, -0.05) is 0 Å². The Hall–Kier alpha value is -1.21. The lowest BCUT2D eigenvalue weighted by atomic mass is 10.0. The topological polar surface area (TPSA) is 80.3 Å². The molecule has 1 fully saturated rings.